The fraction of sp³-hybridized carbons (Fsp3) is 0.0952. The first-order valence-corrected chi connectivity index (χ1v) is 9.47. The first kappa shape index (κ1) is 19.5. The third-order valence-corrected chi connectivity index (χ3v) is 4.57. The minimum Gasteiger partial charge on any atom is -0.436 e. The van der Waals surface area contributed by atoms with Crippen LogP contribution in [0.3, 0.4) is 0 Å². The molecule has 0 aliphatic heterocycles. The van der Waals surface area contributed by atoms with Crippen LogP contribution >= 0.6 is 11.6 Å². The molecule has 4 rings (SSSR count). The number of nitrogens with one attached hydrogen (secondary N) is 2. The van der Waals surface area contributed by atoms with Crippen molar-refractivity contribution in [1.82, 2.24) is 14.7 Å². The van der Waals surface area contributed by atoms with Crippen LogP contribution in [0.4, 0.5) is 17.3 Å². The summed E-state index contributed by atoms with van der Waals surface area (Å²) in [6.45, 7) is 0.341. The van der Waals surface area contributed by atoms with E-state index in [9.17, 15) is 4.79 Å². The highest BCUT2D eigenvalue weighted by Gasteiger charge is 2.11. The lowest BCUT2D eigenvalue weighted by Gasteiger charge is -2.15. The van der Waals surface area contributed by atoms with Gasteiger partial charge in [0.1, 0.15) is 17.7 Å². The molecule has 0 saturated carbocycles. The zero-order valence-corrected chi connectivity index (χ0v) is 16.8. The van der Waals surface area contributed by atoms with Crippen molar-refractivity contribution < 1.29 is 9.26 Å². The predicted molar refractivity (Wildman–Crippen MR) is 115 cm³/mol. The molecule has 0 aliphatic carbocycles. The summed E-state index contributed by atoms with van der Waals surface area (Å²) >= 11 is 5.97. The van der Waals surface area contributed by atoms with Crippen molar-refractivity contribution in [1.29, 1.82) is 0 Å². The lowest BCUT2D eigenvalue weighted by atomic mass is 10.2. The molecule has 4 aromatic rings. The van der Waals surface area contributed by atoms with Crippen molar-refractivity contribution in [3.8, 4) is 11.6 Å². The highest BCUT2D eigenvalue weighted by Crippen LogP contribution is 2.23. The lowest BCUT2D eigenvalue weighted by Crippen LogP contribution is -2.26. The summed E-state index contributed by atoms with van der Waals surface area (Å²) in [5.74, 6) is 1.39. The molecule has 0 bridgehead atoms. The van der Waals surface area contributed by atoms with Gasteiger partial charge < -0.3 is 19.9 Å². The van der Waals surface area contributed by atoms with Crippen LogP contribution in [0.2, 0.25) is 5.02 Å². The molecular weight excluding hydrogens is 406 g/mol. The fourth-order valence-electron chi connectivity index (χ4n) is 2.79. The van der Waals surface area contributed by atoms with E-state index < -0.39 is 0 Å². The van der Waals surface area contributed by atoms with Gasteiger partial charge in [0.2, 0.25) is 5.95 Å². The third kappa shape index (κ3) is 4.44. The Morgan fingerprint density at radius 3 is 2.53 bits per heavy atom. The number of aromatic nitrogens is 3. The Bertz CT molecular complexity index is 1170. The maximum absolute atomic E-state index is 12.9. The molecule has 2 heterocycles. The number of rotatable bonds is 7. The highest BCUT2D eigenvalue weighted by molar-refractivity contribution is 6.30. The van der Waals surface area contributed by atoms with Crippen LogP contribution in [-0.4, -0.2) is 21.8 Å². The number of anilines is 3. The number of nitrogens with zero attached hydrogens (tertiary/aromatic N) is 3. The first-order chi connectivity index (χ1) is 14.6. The Morgan fingerprint density at radius 1 is 1.10 bits per heavy atom. The summed E-state index contributed by atoms with van der Waals surface area (Å²) in [6.07, 6.45) is 2.94. The maximum atomic E-state index is 12.9. The van der Waals surface area contributed by atoms with E-state index in [0.717, 1.165) is 11.3 Å². The zero-order valence-electron chi connectivity index (χ0n) is 16.0. The van der Waals surface area contributed by atoms with E-state index in [1.807, 2.05) is 24.3 Å². The topological polar surface area (TPSA) is 94.2 Å². The number of benzene rings is 2. The second-order valence-corrected chi connectivity index (χ2v) is 6.79. The number of ether oxygens (including phenoxy) is 1. The van der Waals surface area contributed by atoms with Gasteiger partial charge in [0.15, 0.2) is 0 Å². The SMILES string of the molecule is CNc1cnc(Nc2ccc(Oc3ccon3)cc2)n(Cc2ccc(Cl)cc2)c1=O. The first-order valence-electron chi connectivity index (χ1n) is 9.10. The Labute approximate surface area is 177 Å². The van der Waals surface area contributed by atoms with E-state index in [1.165, 1.54) is 12.5 Å². The third-order valence-electron chi connectivity index (χ3n) is 4.32. The molecule has 30 heavy (non-hydrogen) atoms. The van der Waals surface area contributed by atoms with E-state index in [1.54, 1.807) is 41.9 Å². The van der Waals surface area contributed by atoms with E-state index >= 15 is 0 Å². The van der Waals surface area contributed by atoms with Gasteiger partial charge in [-0.05, 0) is 47.1 Å². The van der Waals surface area contributed by atoms with Gasteiger partial charge in [0, 0.05) is 23.8 Å². The van der Waals surface area contributed by atoms with Crippen molar-refractivity contribution in [2.75, 3.05) is 17.7 Å². The van der Waals surface area contributed by atoms with Crippen LogP contribution < -0.4 is 20.9 Å². The second-order valence-electron chi connectivity index (χ2n) is 6.35. The minimum atomic E-state index is -0.184. The average molecular weight is 424 g/mol. The predicted octanol–water partition coefficient (Wildman–Crippen LogP) is 4.51. The Hall–Kier alpha value is -3.78. The largest absolute Gasteiger partial charge is 0.436 e. The molecule has 0 atom stereocenters. The summed E-state index contributed by atoms with van der Waals surface area (Å²) < 4.78 is 11.9. The smallest absolute Gasteiger partial charge is 0.278 e. The normalized spacial score (nSPS) is 10.6. The maximum Gasteiger partial charge on any atom is 0.278 e. The van der Waals surface area contributed by atoms with Gasteiger partial charge in [-0.25, -0.2) is 4.98 Å². The summed E-state index contributed by atoms with van der Waals surface area (Å²) in [6, 6.07) is 16.1. The summed E-state index contributed by atoms with van der Waals surface area (Å²) in [5.41, 5.74) is 1.90. The molecule has 9 heteroatoms. The van der Waals surface area contributed by atoms with Crippen LogP contribution in [0, 0.1) is 0 Å². The van der Waals surface area contributed by atoms with E-state index in [0.29, 0.717) is 34.8 Å². The van der Waals surface area contributed by atoms with Gasteiger partial charge in [0.25, 0.3) is 11.4 Å². The zero-order chi connectivity index (χ0) is 20.9. The number of hydrogen-bond donors (Lipinski definition) is 2. The fourth-order valence-corrected chi connectivity index (χ4v) is 2.92. The molecule has 8 nitrogen and oxygen atoms in total. The summed E-state index contributed by atoms with van der Waals surface area (Å²) in [5, 5.41) is 10.4. The van der Waals surface area contributed by atoms with Crippen LogP contribution in [0.5, 0.6) is 11.6 Å². The molecular formula is C21H18ClN5O3. The standard InChI is InChI=1S/C21H18ClN5O3/c1-23-18-12-24-21(27(20(18)28)13-14-2-4-15(22)5-3-14)25-16-6-8-17(9-7-16)30-19-10-11-29-26-19/h2-12,23H,13H2,1H3,(H,24,25). The summed E-state index contributed by atoms with van der Waals surface area (Å²) in [7, 11) is 1.69. The quantitative estimate of drug-likeness (QED) is 0.451. The molecule has 152 valence electrons. The molecule has 0 fully saturated rings. The number of hydrogen-bond acceptors (Lipinski definition) is 7. The van der Waals surface area contributed by atoms with Crippen molar-refractivity contribution in [2.24, 2.45) is 0 Å². The molecule has 0 aliphatic rings. The molecule has 2 aromatic heterocycles. The van der Waals surface area contributed by atoms with Crippen molar-refractivity contribution in [3.05, 3.63) is 88.0 Å². The Kier molecular flexibility index (Phi) is 5.67. The lowest BCUT2D eigenvalue weighted by molar-refractivity contribution is 0.367. The molecule has 0 radical (unpaired) electrons. The van der Waals surface area contributed by atoms with Gasteiger partial charge in [-0.15, -0.1) is 0 Å². The molecule has 2 aromatic carbocycles. The Morgan fingerprint density at radius 2 is 1.87 bits per heavy atom. The van der Waals surface area contributed by atoms with Crippen LogP contribution in [0.1, 0.15) is 5.56 Å². The second kappa shape index (κ2) is 8.71. The van der Waals surface area contributed by atoms with E-state index in [-0.39, 0.29) is 5.56 Å². The van der Waals surface area contributed by atoms with Crippen molar-refractivity contribution >= 4 is 28.9 Å². The van der Waals surface area contributed by atoms with Gasteiger partial charge in [-0.1, -0.05) is 23.7 Å². The van der Waals surface area contributed by atoms with Crippen molar-refractivity contribution in [3.63, 3.8) is 0 Å². The Balaban J connectivity index is 1.59. The van der Waals surface area contributed by atoms with E-state index in [4.69, 9.17) is 20.9 Å². The van der Waals surface area contributed by atoms with Gasteiger partial charge in [-0.3, -0.25) is 9.36 Å². The van der Waals surface area contributed by atoms with Crippen LogP contribution in [-0.2, 0) is 6.54 Å². The van der Waals surface area contributed by atoms with Gasteiger partial charge in [-0.2, -0.15) is 0 Å². The molecule has 0 spiro atoms. The van der Waals surface area contributed by atoms with Gasteiger partial charge >= 0.3 is 0 Å². The minimum absolute atomic E-state index is 0.184. The molecule has 0 saturated heterocycles. The summed E-state index contributed by atoms with van der Waals surface area (Å²) in [4.78, 5) is 17.3. The number of halogens is 1. The molecule has 2 N–H and O–H groups in total. The monoisotopic (exact) mass is 423 g/mol. The highest BCUT2D eigenvalue weighted by atomic mass is 35.5. The van der Waals surface area contributed by atoms with Crippen LogP contribution in [0.25, 0.3) is 0 Å². The van der Waals surface area contributed by atoms with Crippen LogP contribution in [0.15, 0.2) is 76.4 Å². The average Bonchev–Trinajstić information content (AvgIpc) is 3.27. The van der Waals surface area contributed by atoms with E-state index in [2.05, 4.69) is 20.8 Å². The van der Waals surface area contributed by atoms with Crippen molar-refractivity contribution in [2.45, 2.75) is 6.54 Å². The van der Waals surface area contributed by atoms with Gasteiger partial charge in [0.05, 0.1) is 12.7 Å². The molecule has 0 amide bonds. The molecule has 0 unspecified atom stereocenters.